The van der Waals surface area contributed by atoms with Gasteiger partial charge in [-0.3, -0.25) is 9.44 Å². The Morgan fingerprint density at radius 1 is 0.800 bits per heavy atom. The van der Waals surface area contributed by atoms with Crippen molar-refractivity contribution in [1.29, 1.82) is 0 Å². The third-order valence-corrected chi connectivity index (χ3v) is 7.32. The first kappa shape index (κ1) is 21.9. The van der Waals surface area contributed by atoms with E-state index in [9.17, 15) is 16.8 Å². The Kier molecular flexibility index (Phi) is 6.25. The fraction of sp³-hybridized carbons (Fsp3) is 0.100. The molecule has 0 saturated carbocycles. The van der Waals surface area contributed by atoms with E-state index in [1.165, 1.54) is 43.5 Å². The zero-order chi connectivity index (χ0) is 21.9. The van der Waals surface area contributed by atoms with Crippen LogP contribution in [0.2, 0.25) is 5.02 Å². The summed E-state index contributed by atoms with van der Waals surface area (Å²) in [5.74, 6) is 0.589. The first-order valence-corrected chi connectivity index (χ1v) is 12.0. The van der Waals surface area contributed by atoms with Crippen LogP contribution in [-0.2, 0) is 20.0 Å². The maximum atomic E-state index is 12.9. The molecule has 0 bridgehead atoms. The first-order chi connectivity index (χ1) is 14.1. The highest BCUT2D eigenvalue weighted by molar-refractivity contribution is 7.93. The molecule has 158 valence electrons. The van der Waals surface area contributed by atoms with Gasteiger partial charge in [-0.25, -0.2) is 16.8 Å². The van der Waals surface area contributed by atoms with Crippen LogP contribution in [0.25, 0.3) is 0 Å². The normalized spacial score (nSPS) is 11.7. The van der Waals surface area contributed by atoms with E-state index in [0.29, 0.717) is 17.0 Å². The largest absolute Gasteiger partial charge is 0.497 e. The molecular formula is C20H19ClN2O5S2. The van der Waals surface area contributed by atoms with Gasteiger partial charge in [0.25, 0.3) is 20.0 Å². The second-order valence-corrected chi connectivity index (χ2v) is 10.1. The Morgan fingerprint density at radius 2 is 1.43 bits per heavy atom. The number of hydrogen-bond donors (Lipinski definition) is 2. The van der Waals surface area contributed by atoms with E-state index in [1.807, 2.05) is 0 Å². The van der Waals surface area contributed by atoms with E-state index < -0.39 is 20.0 Å². The number of benzene rings is 3. The minimum atomic E-state index is -3.96. The van der Waals surface area contributed by atoms with Gasteiger partial charge in [-0.05, 0) is 67.1 Å². The molecule has 0 unspecified atom stereocenters. The highest BCUT2D eigenvalue weighted by Crippen LogP contribution is 2.26. The second-order valence-electron chi connectivity index (χ2n) is 6.38. The third-order valence-electron chi connectivity index (χ3n) is 4.18. The number of hydrogen-bond acceptors (Lipinski definition) is 5. The average Bonchev–Trinajstić information content (AvgIpc) is 2.69. The monoisotopic (exact) mass is 466 g/mol. The van der Waals surface area contributed by atoms with E-state index in [2.05, 4.69) is 9.44 Å². The maximum absolute atomic E-state index is 12.9. The summed E-state index contributed by atoms with van der Waals surface area (Å²) in [4.78, 5) is -0.0825. The molecule has 0 aromatic heterocycles. The van der Waals surface area contributed by atoms with Crippen LogP contribution in [0.15, 0.2) is 76.5 Å². The number of aryl methyl sites for hydroxylation is 1. The van der Waals surface area contributed by atoms with Crippen molar-refractivity contribution in [3.05, 3.63) is 77.3 Å². The van der Waals surface area contributed by atoms with Gasteiger partial charge in [-0.15, -0.1) is 0 Å². The van der Waals surface area contributed by atoms with Gasteiger partial charge in [0.15, 0.2) is 0 Å². The molecule has 0 aliphatic rings. The fourth-order valence-electron chi connectivity index (χ4n) is 2.67. The highest BCUT2D eigenvalue weighted by atomic mass is 35.5. The van der Waals surface area contributed by atoms with Crippen molar-refractivity contribution in [3.8, 4) is 5.75 Å². The third kappa shape index (κ3) is 5.05. The van der Waals surface area contributed by atoms with Crippen molar-refractivity contribution >= 4 is 43.0 Å². The predicted octanol–water partition coefficient (Wildman–Crippen LogP) is 4.26. The number of nitrogens with one attached hydrogen (secondary N) is 2. The summed E-state index contributed by atoms with van der Waals surface area (Å²) in [5, 5.41) is 0.272. The summed E-state index contributed by atoms with van der Waals surface area (Å²) in [7, 11) is -6.39. The standard InChI is InChI=1S/C20H19ClN2O5S2/c1-14-6-7-17(23-29(24,25)19-5-3-4-15(21)12-19)13-20(14)30(26,27)22-16-8-10-18(28-2)11-9-16/h3-13,22-23H,1-2H3. The molecule has 30 heavy (non-hydrogen) atoms. The number of anilines is 2. The van der Waals surface area contributed by atoms with Crippen LogP contribution in [0.3, 0.4) is 0 Å². The summed E-state index contributed by atoms with van der Waals surface area (Å²) in [6.45, 7) is 1.62. The van der Waals surface area contributed by atoms with Crippen LogP contribution < -0.4 is 14.2 Å². The molecule has 10 heteroatoms. The zero-order valence-electron chi connectivity index (χ0n) is 16.1. The van der Waals surface area contributed by atoms with Crippen molar-refractivity contribution in [2.45, 2.75) is 16.7 Å². The van der Waals surface area contributed by atoms with Crippen LogP contribution in [0, 0.1) is 6.92 Å². The van der Waals surface area contributed by atoms with Crippen LogP contribution in [0.5, 0.6) is 5.75 Å². The summed E-state index contributed by atoms with van der Waals surface area (Å²) in [6.07, 6.45) is 0. The lowest BCUT2D eigenvalue weighted by Gasteiger charge is -2.14. The number of ether oxygens (including phenoxy) is 1. The molecule has 3 rings (SSSR count). The molecule has 0 fully saturated rings. The molecule has 0 heterocycles. The Balaban J connectivity index is 1.90. The van der Waals surface area contributed by atoms with Gasteiger partial charge >= 0.3 is 0 Å². The lowest BCUT2D eigenvalue weighted by molar-refractivity contribution is 0.415. The summed E-state index contributed by atoms with van der Waals surface area (Å²) < 4.78 is 60.9. The Hall–Kier alpha value is -2.75. The van der Waals surface area contributed by atoms with E-state index >= 15 is 0 Å². The molecule has 7 nitrogen and oxygen atoms in total. The van der Waals surface area contributed by atoms with E-state index in [-0.39, 0.29) is 20.5 Å². The molecule has 2 N–H and O–H groups in total. The predicted molar refractivity (Wildman–Crippen MR) is 117 cm³/mol. The number of methoxy groups -OCH3 is 1. The molecule has 0 aliphatic carbocycles. The minimum absolute atomic E-state index is 0.0312. The molecule has 0 saturated heterocycles. The second kappa shape index (κ2) is 8.55. The average molecular weight is 467 g/mol. The summed E-state index contributed by atoms with van der Waals surface area (Å²) >= 11 is 5.87. The SMILES string of the molecule is COc1ccc(NS(=O)(=O)c2cc(NS(=O)(=O)c3cccc(Cl)c3)ccc2C)cc1. The van der Waals surface area contributed by atoms with Crippen molar-refractivity contribution in [1.82, 2.24) is 0 Å². The molecule has 0 aliphatic heterocycles. The van der Waals surface area contributed by atoms with Crippen LogP contribution >= 0.6 is 11.6 Å². The van der Waals surface area contributed by atoms with Crippen molar-refractivity contribution in [2.24, 2.45) is 0 Å². The smallest absolute Gasteiger partial charge is 0.262 e. The van der Waals surface area contributed by atoms with Gasteiger partial charge in [0.05, 0.1) is 22.6 Å². The molecule has 0 amide bonds. The minimum Gasteiger partial charge on any atom is -0.497 e. The fourth-order valence-corrected chi connectivity index (χ4v) is 5.35. The maximum Gasteiger partial charge on any atom is 0.262 e. The molecular weight excluding hydrogens is 448 g/mol. The van der Waals surface area contributed by atoms with E-state index in [1.54, 1.807) is 37.3 Å². The Morgan fingerprint density at radius 3 is 2.07 bits per heavy atom. The number of rotatable bonds is 7. The van der Waals surface area contributed by atoms with Gasteiger partial charge in [0, 0.05) is 10.7 Å². The zero-order valence-corrected chi connectivity index (χ0v) is 18.5. The van der Waals surface area contributed by atoms with Crippen molar-refractivity contribution in [3.63, 3.8) is 0 Å². The van der Waals surface area contributed by atoms with E-state index in [0.717, 1.165) is 0 Å². The molecule has 0 spiro atoms. The topological polar surface area (TPSA) is 102 Å². The Labute approximate surface area is 180 Å². The lowest BCUT2D eigenvalue weighted by atomic mass is 10.2. The first-order valence-electron chi connectivity index (χ1n) is 8.67. The molecule has 3 aromatic carbocycles. The van der Waals surface area contributed by atoms with E-state index in [4.69, 9.17) is 16.3 Å². The van der Waals surface area contributed by atoms with Gasteiger partial charge in [-0.2, -0.15) is 0 Å². The summed E-state index contributed by atoms with van der Waals surface area (Å²) in [6, 6.07) is 16.4. The van der Waals surface area contributed by atoms with Crippen molar-refractivity contribution in [2.75, 3.05) is 16.6 Å². The van der Waals surface area contributed by atoms with Crippen LogP contribution in [0.4, 0.5) is 11.4 Å². The van der Waals surface area contributed by atoms with Gasteiger partial charge in [-0.1, -0.05) is 23.7 Å². The molecule has 0 radical (unpaired) electrons. The van der Waals surface area contributed by atoms with Gasteiger partial charge in [0.2, 0.25) is 0 Å². The molecule has 0 atom stereocenters. The Bertz CT molecular complexity index is 1270. The van der Waals surface area contributed by atoms with Crippen LogP contribution in [0.1, 0.15) is 5.56 Å². The summed E-state index contributed by atoms with van der Waals surface area (Å²) in [5.41, 5.74) is 0.914. The van der Waals surface area contributed by atoms with Crippen molar-refractivity contribution < 1.29 is 21.6 Å². The van der Waals surface area contributed by atoms with Crippen LogP contribution in [-0.4, -0.2) is 23.9 Å². The highest BCUT2D eigenvalue weighted by Gasteiger charge is 2.20. The lowest BCUT2D eigenvalue weighted by Crippen LogP contribution is -2.16. The quantitative estimate of drug-likeness (QED) is 0.541. The van der Waals surface area contributed by atoms with Gasteiger partial charge in [0.1, 0.15) is 5.75 Å². The molecule has 3 aromatic rings. The number of sulfonamides is 2. The number of halogens is 1. The van der Waals surface area contributed by atoms with Gasteiger partial charge < -0.3 is 4.74 Å².